The first kappa shape index (κ1) is 17.1. The number of fused-ring (bicyclic) bond motifs is 9. The maximum Gasteiger partial charge on any atom is 0.137 e. The number of para-hydroxylation sites is 1. The second-order valence-electron chi connectivity index (χ2n) is 10.4. The van der Waals surface area contributed by atoms with Crippen molar-refractivity contribution in [2.75, 3.05) is 0 Å². The van der Waals surface area contributed by atoms with Crippen molar-refractivity contribution in [2.24, 2.45) is 5.41 Å². The van der Waals surface area contributed by atoms with Crippen molar-refractivity contribution in [3.05, 3.63) is 59.7 Å². The molecule has 2 aromatic heterocycles. The van der Waals surface area contributed by atoms with Crippen molar-refractivity contribution in [2.45, 2.75) is 52.4 Å². The van der Waals surface area contributed by atoms with Gasteiger partial charge in [-0.3, -0.25) is 0 Å². The molecule has 3 aromatic carbocycles. The largest absolute Gasteiger partial charge is 0.456 e. The molecule has 1 N–H and O–H groups in total. The van der Waals surface area contributed by atoms with Crippen LogP contribution < -0.4 is 0 Å². The van der Waals surface area contributed by atoms with Crippen LogP contribution >= 0.6 is 0 Å². The molecule has 0 amide bonds. The quantitative estimate of drug-likeness (QED) is 0.291. The van der Waals surface area contributed by atoms with E-state index < -0.39 is 0 Å². The number of furan rings is 1. The maximum absolute atomic E-state index is 6.14. The summed E-state index contributed by atoms with van der Waals surface area (Å²) in [5.41, 5.74) is 7.63. The third kappa shape index (κ3) is 1.75. The van der Waals surface area contributed by atoms with Gasteiger partial charge in [-0.25, -0.2) is 0 Å². The van der Waals surface area contributed by atoms with Crippen LogP contribution in [0.15, 0.2) is 52.9 Å². The summed E-state index contributed by atoms with van der Waals surface area (Å²) < 4.78 is 6.14. The molecule has 5 aromatic rings. The summed E-state index contributed by atoms with van der Waals surface area (Å²) in [6.45, 7) is 14.5. The zero-order chi connectivity index (χ0) is 20.3. The van der Waals surface area contributed by atoms with Crippen LogP contribution in [0.25, 0.3) is 43.7 Å². The van der Waals surface area contributed by atoms with Gasteiger partial charge in [0.15, 0.2) is 0 Å². The lowest BCUT2D eigenvalue weighted by atomic mass is 9.59. The molecular formula is C27H27NO. The molecular weight excluding hydrogens is 354 g/mol. The van der Waals surface area contributed by atoms with Gasteiger partial charge in [0.25, 0.3) is 0 Å². The van der Waals surface area contributed by atoms with E-state index in [1.165, 1.54) is 43.7 Å². The van der Waals surface area contributed by atoms with Crippen LogP contribution in [-0.4, -0.2) is 4.98 Å². The number of aromatic nitrogens is 1. The molecule has 2 heterocycles. The van der Waals surface area contributed by atoms with Gasteiger partial charge in [0, 0.05) is 16.2 Å². The van der Waals surface area contributed by atoms with Crippen LogP contribution in [0.5, 0.6) is 0 Å². The first-order chi connectivity index (χ1) is 13.7. The average Bonchev–Trinajstić information content (AvgIpc) is 3.26. The first-order valence-electron chi connectivity index (χ1n) is 10.6. The van der Waals surface area contributed by atoms with E-state index in [4.69, 9.17) is 4.42 Å². The molecule has 0 fully saturated rings. The van der Waals surface area contributed by atoms with Gasteiger partial charge in [-0.05, 0) is 45.6 Å². The van der Waals surface area contributed by atoms with Crippen molar-refractivity contribution in [1.82, 2.24) is 4.98 Å². The van der Waals surface area contributed by atoms with Gasteiger partial charge in [-0.2, -0.15) is 0 Å². The highest BCUT2D eigenvalue weighted by molar-refractivity contribution is 6.23. The second-order valence-corrected chi connectivity index (χ2v) is 10.4. The minimum absolute atomic E-state index is 0.0593. The molecule has 0 saturated carbocycles. The fourth-order valence-electron chi connectivity index (χ4n) is 5.85. The Morgan fingerprint density at radius 1 is 0.655 bits per heavy atom. The van der Waals surface area contributed by atoms with E-state index in [1.807, 2.05) is 6.07 Å². The molecule has 1 aliphatic rings. The predicted octanol–water partition coefficient (Wildman–Crippen LogP) is 7.82. The molecule has 0 aliphatic heterocycles. The Kier molecular flexibility index (Phi) is 2.88. The van der Waals surface area contributed by atoms with Crippen LogP contribution in [0.3, 0.4) is 0 Å². The Hall–Kier alpha value is -2.74. The molecule has 2 heteroatoms. The van der Waals surface area contributed by atoms with Gasteiger partial charge in [0.2, 0.25) is 0 Å². The third-order valence-electron chi connectivity index (χ3n) is 8.71. The van der Waals surface area contributed by atoms with Gasteiger partial charge < -0.3 is 9.40 Å². The molecule has 0 spiro atoms. The van der Waals surface area contributed by atoms with Crippen molar-refractivity contribution in [1.29, 1.82) is 0 Å². The highest BCUT2D eigenvalue weighted by Gasteiger charge is 2.57. The Bertz CT molecular complexity index is 1470. The lowest BCUT2D eigenvalue weighted by molar-refractivity contribution is 0.125. The summed E-state index contributed by atoms with van der Waals surface area (Å²) in [6, 6.07) is 17.4. The Morgan fingerprint density at radius 3 is 2.14 bits per heavy atom. The van der Waals surface area contributed by atoms with Gasteiger partial charge in [0.1, 0.15) is 11.2 Å². The lowest BCUT2D eigenvalue weighted by Crippen LogP contribution is -2.42. The third-order valence-corrected chi connectivity index (χ3v) is 8.71. The molecule has 6 rings (SSSR count). The van der Waals surface area contributed by atoms with Crippen LogP contribution in [0, 0.1) is 5.41 Å². The highest BCUT2D eigenvalue weighted by atomic mass is 16.3. The maximum atomic E-state index is 6.14. The van der Waals surface area contributed by atoms with Gasteiger partial charge >= 0.3 is 0 Å². The summed E-state index contributed by atoms with van der Waals surface area (Å²) in [5.74, 6) is 0. The van der Waals surface area contributed by atoms with Gasteiger partial charge in [-0.1, -0.05) is 71.9 Å². The minimum Gasteiger partial charge on any atom is -0.456 e. The number of benzene rings is 3. The lowest BCUT2D eigenvalue weighted by Gasteiger charge is -2.44. The number of rotatable bonds is 0. The smallest absolute Gasteiger partial charge is 0.137 e. The standard InChI is InChI=1S/C27H27NO/c1-25(2)18-13-11-16-15-12-14-20-21(17-9-7-8-10-19(17)29-20)23(15)28-24(16)22(18)26(3,4)27(25,5)6/h7-14,28H,1-6H3. The molecule has 29 heavy (non-hydrogen) atoms. The van der Waals surface area contributed by atoms with E-state index in [0.717, 1.165) is 11.2 Å². The molecule has 146 valence electrons. The van der Waals surface area contributed by atoms with E-state index in [2.05, 4.69) is 89.0 Å². The number of hydrogen-bond donors (Lipinski definition) is 1. The van der Waals surface area contributed by atoms with Crippen LogP contribution in [0.1, 0.15) is 52.7 Å². The number of nitrogens with one attached hydrogen (secondary N) is 1. The molecule has 0 radical (unpaired) electrons. The van der Waals surface area contributed by atoms with Crippen molar-refractivity contribution in [3.63, 3.8) is 0 Å². The van der Waals surface area contributed by atoms with E-state index in [0.29, 0.717) is 0 Å². The Labute approximate surface area is 170 Å². The van der Waals surface area contributed by atoms with Crippen LogP contribution in [0.4, 0.5) is 0 Å². The molecule has 2 nitrogen and oxygen atoms in total. The van der Waals surface area contributed by atoms with Gasteiger partial charge in [0.05, 0.1) is 16.4 Å². The van der Waals surface area contributed by atoms with Crippen molar-refractivity contribution >= 4 is 43.7 Å². The highest BCUT2D eigenvalue weighted by Crippen LogP contribution is 2.63. The summed E-state index contributed by atoms with van der Waals surface area (Å²) in [7, 11) is 0. The van der Waals surface area contributed by atoms with Gasteiger partial charge in [-0.15, -0.1) is 0 Å². The van der Waals surface area contributed by atoms with E-state index in [-0.39, 0.29) is 16.2 Å². The molecule has 0 unspecified atom stereocenters. The second kappa shape index (κ2) is 4.87. The molecule has 0 bridgehead atoms. The first-order valence-corrected chi connectivity index (χ1v) is 10.6. The Balaban J connectivity index is 1.83. The fourth-order valence-corrected chi connectivity index (χ4v) is 5.85. The van der Waals surface area contributed by atoms with Crippen molar-refractivity contribution < 1.29 is 4.42 Å². The summed E-state index contributed by atoms with van der Waals surface area (Å²) in [6.07, 6.45) is 0. The molecule has 0 atom stereocenters. The fraction of sp³-hybridized carbons (Fsp3) is 0.333. The van der Waals surface area contributed by atoms with Crippen molar-refractivity contribution in [3.8, 4) is 0 Å². The molecule has 0 saturated heterocycles. The minimum atomic E-state index is 0.0593. The zero-order valence-corrected chi connectivity index (χ0v) is 18.0. The normalized spacial score (nSPS) is 19.5. The summed E-state index contributed by atoms with van der Waals surface area (Å²) >= 11 is 0. The predicted molar refractivity (Wildman–Crippen MR) is 123 cm³/mol. The summed E-state index contributed by atoms with van der Waals surface area (Å²) in [4.78, 5) is 3.87. The topological polar surface area (TPSA) is 28.9 Å². The van der Waals surface area contributed by atoms with E-state index in [9.17, 15) is 0 Å². The monoisotopic (exact) mass is 381 g/mol. The number of aromatic amines is 1. The Morgan fingerprint density at radius 2 is 1.34 bits per heavy atom. The van der Waals surface area contributed by atoms with E-state index >= 15 is 0 Å². The number of H-pyrrole nitrogens is 1. The summed E-state index contributed by atoms with van der Waals surface area (Å²) in [5, 5.41) is 4.96. The number of hydrogen-bond acceptors (Lipinski definition) is 1. The SMILES string of the molecule is CC1(C)c2ccc3c([nH]c4c3ccc3oc5ccccc5c34)c2C(C)(C)C1(C)C. The molecule has 1 aliphatic carbocycles. The van der Waals surface area contributed by atoms with Crippen LogP contribution in [0.2, 0.25) is 0 Å². The average molecular weight is 382 g/mol. The zero-order valence-electron chi connectivity index (χ0n) is 18.0. The van der Waals surface area contributed by atoms with E-state index in [1.54, 1.807) is 0 Å². The van der Waals surface area contributed by atoms with Crippen LogP contribution in [-0.2, 0) is 10.8 Å².